The molecule has 0 nitrogen and oxygen atoms in total. The van der Waals surface area contributed by atoms with Crippen LogP contribution in [0, 0.1) is 11.8 Å². The van der Waals surface area contributed by atoms with Crippen LogP contribution in [0.5, 0.6) is 0 Å². The molecule has 2 rings (SSSR count). The fraction of sp³-hybridized carbons (Fsp3) is 0.857. The van der Waals surface area contributed by atoms with Gasteiger partial charge in [-0.15, -0.1) is 6.58 Å². The summed E-state index contributed by atoms with van der Waals surface area (Å²) in [4.78, 5) is 0. The zero-order chi connectivity index (χ0) is 11.9. The molecule has 0 aromatic rings. The van der Waals surface area contributed by atoms with Crippen LogP contribution in [0.4, 0.5) is 0 Å². The van der Waals surface area contributed by atoms with Gasteiger partial charge in [-0.25, -0.2) is 0 Å². The van der Waals surface area contributed by atoms with Crippen molar-refractivity contribution < 1.29 is 0 Å². The van der Waals surface area contributed by atoms with E-state index in [0.29, 0.717) is 0 Å². The molecule has 1 saturated carbocycles. The average molecular weight is 289 g/mol. The van der Waals surface area contributed by atoms with Crippen molar-refractivity contribution >= 4 is 35.3 Å². The van der Waals surface area contributed by atoms with Gasteiger partial charge in [-0.3, -0.25) is 0 Å². The van der Waals surface area contributed by atoms with E-state index >= 15 is 0 Å². The highest BCUT2D eigenvalue weighted by Gasteiger charge is 2.24. The number of rotatable bonds is 8. The lowest BCUT2D eigenvalue weighted by Crippen LogP contribution is -2.18. The molecule has 0 radical (unpaired) electrons. The van der Waals surface area contributed by atoms with Gasteiger partial charge in [0, 0.05) is 22.5 Å². The average Bonchev–Trinajstić information content (AvgIpc) is 3.16. The first kappa shape index (κ1) is 14.2. The van der Waals surface area contributed by atoms with E-state index in [4.69, 9.17) is 0 Å². The Hall–Kier alpha value is 0.790. The van der Waals surface area contributed by atoms with Gasteiger partial charge in [0.1, 0.15) is 0 Å². The van der Waals surface area contributed by atoms with Gasteiger partial charge in [-0.2, -0.15) is 35.3 Å². The summed E-state index contributed by atoms with van der Waals surface area (Å²) in [5.41, 5.74) is 0. The zero-order valence-corrected chi connectivity index (χ0v) is 13.1. The molecule has 1 aliphatic heterocycles. The second-order valence-electron chi connectivity index (χ2n) is 5.21. The van der Waals surface area contributed by atoms with E-state index in [2.05, 4.69) is 41.9 Å². The third-order valence-corrected chi connectivity index (χ3v) is 7.32. The van der Waals surface area contributed by atoms with Crippen molar-refractivity contribution in [3.8, 4) is 0 Å². The minimum absolute atomic E-state index is 1.00. The van der Waals surface area contributed by atoms with Crippen LogP contribution >= 0.6 is 35.3 Å². The molecule has 0 N–H and O–H groups in total. The number of hydrogen-bond donors (Lipinski definition) is 0. The molecule has 1 aliphatic carbocycles. The van der Waals surface area contributed by atoms with Crippen LogP contribution in [0.15, 0.2) is 12.7 Å². The Morgan fingerprint density at radius 3 is 2.12 bits per heavy atom. The maximum Gasteiger partial charge on any atom is 0.0229 e. The lowest BCUT2D eigenvalue weighted by Gasteiger charge is -2.28. The molecule has 17 heavy (non-hydrogen) atoms. The van der Waals surface area contributed by atoms with Crippen molar-refractivity contribution in [2.75, 3.05) is 28.8 Å². The van der Waals surface area contributed by atoms with Gasteiger partial charge in [-0.05, 0) is 49.0 Å². The molecule has 0 aromatic heterocycles. The van der Waals surface area contributed by atoms with Gasteiger partial charge in [0.25, 0.3) is 0 Å². The molecule has 2 aliphatic rings. The fourth-order valence-corrected chi connectivity index (χ4v) is 5.64. The SMILES string of the molecule is C=CCSCC1CCC(CSCC2CS2)CC1. The van der Waals surface area contributed by atoms with E-state index in [1.165, 1.54) is 48.7 Å². The van der Waals surface area contributed by atoms with Crippen LogP contribution in [0.1, 0.15) is 25.7 Å². The Kier molecular flexibility index (Phi) is 6.73. The maximum absolute atomic E-state index is 3.78. The zero-order valence-electron chi connectivity index (χ0n) is 10.6. The van der Waals surface area contributed by atoms with Crippen molar-refractivity contribution in [1.82, 2.24) is 0 Å². The molecular formula is C14H24S3. The molecule has 1 saturated heterocycles. The van der Waals surface area contributed by atoms with Crippen LogP contribution in [-0.2, 0) is 0 Å². The van der Waals surface area contributed by atoms with Crippen LogP contribution in [0.3, 0.4) is 0 Å². The van der Waals surface area contributed by atoms with Crippen molar-refractivity contribution in [2.24, 2.45) is 11.8 Å². The summed E-state index contributed by atoms with van der Waals surface area (Å²) in [6, 6.07) is 0. The quantitative estimate of drug-likeness (QED) is 0.365. The van der Waals surface area contributed by atoms with E-state index in [9.17, 15) is 0 Å². The predicted octanol–water partition coefficient (Wildman–Crippen LogP) is 4.56. The van der Waals surface area contributed by atoms with Gasteiger partial charge < -0.3 is 0 Å². The summed E-state index contributed by atoms with van der Waals surface area (Å²) >= 11 is 6.41. The molecule has 0 bridgehead atoms. The minimum atomic E-state index is 1.00. The van der Waals surface area contributed by atoms with E-state index in [0.717, 1.165) is 22.8 Å². The van der Waals surface area contributed by atoms with Gasteiger partial charge >= 0.3 is 0 Å². The molecule has 3 heteroatoms. The van der Waals surface area contributed by atoms with E-state index in [1.54, 1.807) is 0 Å². The Bertz CT molecular complexity index is 218. The van der Waals surface area contributed by atoms with Crippen LogP contribution in [-0.4, -0.2) is 34.0 Å². The molecule has 1 atom stereocenters. The molecule has 0 aromatic carbocycles. The largest absolute Gasteiger partial charge is 0.161 e. The van der Waals surface area contributed by atoms with Crippen LogP contribution < -0.4 is 0 Å². The highest BCUT2D eigenvalue weighted by atomic mass is 32.2. The molecule has 98 valence electrons. The molecule has 1 unspecified atom stereocenters. The molecule has 0 spiro atoms. The Labute approximate surface area is 119 Å². The molecule has 0 amide bonds. The summed E-state index contributed by atoms with van der Waals surface area (Å²) in [5, 5.41) is 1.02. The third kappa shape index (κ3) is 5.98. The third-order valence-electron chi connectivity index (χ3n) is 3.62. The normalized spacial score (nSPS) is 32.4. The van der Waals surface area contributed by atoms with Gasteiger partial charge in [0.2, 0.25) is 0 Å². The summed E-state index contributed by atoms with van der Waals surface area (Å²) in [6.07, 6.45) is 7.97. The second-order valence-corrected chi connectivity index (χ2v) is 8.69. The molecular weight excluding hydrogens is 264 g/mol. The molecule has 2 fully saturated rings. The molecule has 1 heterocycles. The summed E-state index contributed by atoms with van der Waals surface area (Å²) in [6.45, 7) is 3.78. The topological polar surface area (TPSA) is 0 Å². The summed E-state index contributed by atoms with van der Waals surface area (Å²) in [5.74, 6) is 8.81. The Morgan fingerprint density at radius 2 is 1.59 bits per heavy atom. The highest BCUT2D eigenvalue weighted by molar-refractivity contribution is 8.08. The summed E-state index contributed by atoms with van der Waals surface area (Å²) in [7, 11) is 0. The fourth-order valence-electron chi connectivity index (χ4n) is 2.41. The lowest BCUT2D eigenvalue weighted by molar-refractivity contribution is 0.315. The standard InChI is InChI=1S/C14H24S3/c1-2-7-15-8-12-3-5-13(6-4-12)9-16-10-14-11-17-14/h2,12-14H,1,3-11H2. The first-order valence-corrected chi connectivity index (χ1v) is 10.1. The van der Waals surface area contributed by atoms with Crippen molar-refractivity contribution in [3.63, 3.8) is 0 Å². The summed E-state index contributed by atoms with van der Waals surface area (Å²) < 4.78 is 0. The smallest absolute Gasteiger partial charge is 0.0229 e. The maximum atomic E-state index is 3.78. The van der Waals surface area contributed by atoms with Gasteiger partial charge in [-0.1, -0.05) is 6.08 Å². The van der Waals surface area contributed by atoms with Crippen molar-refractivity contribution in [3.05, 3.63) is 12.7 Å². The van der Waals surface area contributed by atoms with E-state index in [-0.39, 0.29) is 0 Å². The van der Waals surface area contributed by atoms with Gasteiger partial charge in [0.15, 0.2) is 0 Å². The second kappa shape index (κ2) is 8.06. The predicted molar refractivity (Wildman–Crippen MR) is 86.5 cm³/mol. The Balaban J connectivity index is 1.49. The van der Waals surface area contributed by atoms with E-state index in [1.807, 2.05) is 6.08 Å². The van der Waals surface area contributed by atoms with Crippen LogP contribution in [0.25, 0.3) is 0 Å². The first-order valence-electron chi connectivity index (χ1n) is 6.76. The Morgan fingerprint density at radius 1 is 1.00 bits per heavy atom. The minimum Gasteiger partial charge on any atom is -0.161 e. The number of thioether (sulfide) groups is 3. The van der Waals surface area contributed by atoms with Crippen LogP contribution in [0.2, 0.25) is 0 Å². The first-order chi connectivity index (χ1) is 8.38. The van der Waals surface area contributed by atoms with Crippen molar-refractivity contribution in [1.29, 1.82) is 0 Å². The highest BCUT2D eigenvalue weighted by Crippen LogP contribution is 2.36. The lowest BCUT2D eigenvalue weighted by atomic mass is 9.84. The number of hydrogen-bond acceptors (Lipinski definition) is 3. The van der Waals surface area contributed by atoms with Gasteiger partial charge in [0.05, 0.1) is 0 Å². The van der Waals surface area contributed by atoms with Crippen molar-refractivity contribution in [2.45, 2.75) is 30.9 Å². The monoisotopic (exact) mass is 288 g/mol. The van der Waals surface area contributed by atoms with E-state index < -0.39 is 0 Å².